The molecule has 0 spiro atoms. The molecule has 0 saturated carbocycles. The van der Waals surface area contributed by atoms with Gasteiger partial charge in [0.2, 0.25) is 5.43 Å². The molecule has 1 aromatic carbocycles. The Morgan fingerprint density at radius 3 is 2.55 bits per heavy atom. The van der Waals surface area contributed by atoms with Gasteiger partial charge >= 0.3 is 0 Å². The van der Waals surface area contributed by atoms with E-state index in [9.17, 15) is 32.7 Å². The highest BCUT2D eigenvalue weighted by atomic mass is 19.1. The molecule has 3 heterocycles. The van der Waals surface area contributed by atoms with E-state index in [1.807, 2.05) is 6.92 Å². The van der Waals surface area contributed by atoms with Crippen LogP contribution >= 0.6 is 0 Å². The third-order valence-electron chi connectivity index (χ3n) is 5.94. The first kappa shape index (κ1) is 21.0. The zero-order chi connectivity index (χ0) is 22.4. The lowest BCUT2D eigenvalue weighted by molar-refractivity contribution is 0.0604. The third kappa shape index (κ3) is 3.55. The molecule has 0 radical (unpaired) electrons. The Balaban J connectivity index is 1.67. The maximum absolute atomic E-state index is 13.8. The van der Waals surface area contributed by atoms with Crippen LogP contribution in [0.15, 0.2) is 23.1 Å². The van der Waals surface area contributed by atoms with E-state index in [4.69, 9.17) is 0 Å². The van der Waals surface area contributed by atoms with Gasteiger partial charge in [-0.25, -0.2) is 13.2 Å². The molecule has 2 aliphatic rings. The Hall–Kier alpha value is -3.30. The number of nitrogens with one attached hydrogen (secondary N) is 1. The van der Waals surface area contributed by atoms with Crippen molar-refractivity contribution in [3.05, 3.63) is 62.8 Å². The van der Waals surface area contributed by atoms with Gasteiger partial charge in [0.1, 0.15) is 23.0 Å². The van der Waals surface area contributed by atoms with Crippen LogP contribution in [0.25, 0.3) is 0 Å². The minimum atomic E-state index is -1.18. The molecule has 1 fully saturated rings. The third-order valence-corrected chi connectivity index (χ3v) is 5.94. The van der Waals surface area contributed by atoms with Gasteiger partial charge in [0.25, 0.3) is 11.8 Å². The van der Waals surface area contributed by atoms with Crippen LogP contribution in [-0.2, 0) is 6.54 Å². The average Bonchev–Trinajstić information content (AvgIpc) is 2.87. The van der Waals surface area contributed by atoms with Gasteiger partial charge in [-0.05, 0) is 26.2 Å². The van der Waals surface area contributed by atoms with Crippen molar-refractivity contribution in [2.75, 3.05) is 6.54 Å². The minimum Gasteiger partial charge on any atom is -0.503 e. The number of carbonyl (C=O) groups excluding carboxylic acids is 2. The summed E-state index contributed by atoms with van der Waals surface area (Å²) in [7, 11) is 0. The number of halogens is 3. The van der Waals surface area contributed by atoms with Crippen LogP contribution in [0.4, 0.5) is 13.2 Å². The fourth-order valence-corrected chi connectivity index (χ4v) is 4.24. The van der Waals surface area contributed by atoms with Crippen molar-refractivity contribution in [1.82, 2.24) is 14.8 Å². The van der Waals surface area contributed by atoms with E-state index in [2.05, 4.69) is 5.32 Å². The average molecular weight is 435 g/mol. The zero-order valence-electron chi connectivity index (χ0n) is 16.6. The fourth-order valence-electron chi connectivity index (χ4n) is 4.24. The van der Waals surface area contributed by atoms with Gasteiger partial charge < -0.3 is 19.9 Å². The molecule has 2 amide bonds. The van der Waals surface area contributed by atoms with E-state index in [0.29, 0.717) is 25.1 Å². The lowest BCUT2D eigenvalue weighted by Gasteiger charge is -2.37. The highest BCUT2D eigenvalue weighted by Crippen LogP contribution is 2.34. The highest BCUT2D eigenvalue weighted by molar-refractivity contribution is 5.99. The molecule has 31 heavy (non-hydrogen) atoms. The van der Waals surface area contributed by atoms with Gasteiger partial charge in [0.15, 0.2) is 11.4 Å². The predicted molar refractivity (Wildman–Crippen MR) is 103 cm³/mol. The van der Waals surface area contributed by atoms with E-state index >= 15 is 0 Å². The van der Waals surface area contributed by atoms with Crippen molar-refractivity contribution in [3.8, 4) is 5.75 Å². The molecule has 1 aromatic heterocycles. The summed E-state index contributed by atoms with van der Waals surface area (Å²) in [5.41, 5.74) is -2.24. The first-order valence-corrected chi connectivity index (χ1v) is 9.89. The first-order chi connectivity index (χ1) is 14.7. The van der Waals surface area contributed by atoms with E-state index < -0.39 is 58.1 Å². The van der Waals surface area contributed by atoms with Gasteiger partial charge in [-0.2, -0.15) is 0 Å². The number of rotatable bonds is 3. The Morgan fingerprint density at radius 1 is 1.19 bits per heavy atom. The summed E-state index contributed by atoms with van der Waals surface area (Å²) in [4.78, 5) is 39.7. The predicted octanol–water partition coefficient (Wildman–Crippen LogP) is 2.47. The lowest BCUT2D eigenvalue weighted by Crippen LogP contribution is -2.47. The summed E-state index contributed by atoms with van der Waals surface area (Å²) in [6, 6.07) is 0.704. The summed E-state index contributed by atoms with van der Waals surface area (Å²) < 4.78 is 42.1. The molecule has 0 aliphatic carbocycles. The monoisotopic (exact) mass is 435 g/mol. The first-order valence-electron chi connectivity index (χ1n) is 9.89. The summed E-state index contributed by atoms with van der Waals surface area (Å²) in [5, 5.41) is 12.7. The van der Waals surface area contributed by atoms with Crippen molar-refractivity contribution in [2.45, 2.75) is 44.8 Å². The van der Waals surface area contributed by atoms with Crippen molar-refractivity contribution < 1.29 is 27.9 Å². The van der Waals surface area contributed by atoms with Crippen molar-refractivity contribution in [3.63, 3.8) is 0 Å². The van der Waals surface area contributed by atoms with Gasteiger partial charge in [0, 0.05) is 43.0 Å². The van der Waals surface area contributed by atoms with Gasteiger partial charge in [-0.3, -0.25) is 14.4 Å². The van der Waals surface area contributed by atoms with E-state index in [1.54, 1.807) is 4.90 Å². The quantitative estimate of drug-likeness (QED) is 0.775. The number of carbonyl (C=O) groups is 2. The van der Waals surface area contributed by atoms with Gasteiger partial charge in [0.05, 0.1) is 6.04 Å². The Morgan fingerprint density at radius 2 is 1.87 bits per heavy atom. The van der Waals surface area contributed by atoms with Crippen molar-refractivity contribution >= 4 is 11.8 Å². The molecule has 2 bridgehead atoms. The molecule has 2 aliphatic heterocycles. The van der Waals surface area contributed by atoms with Crippen molar-refractivity contribution in [2.24, 2.45) is 0 Å². The second-order valence-corrected chi connectivity index (χ2v) is 7.90. The number of hydrogen-bond donors (Lipinski definition) is 2. The fraction of sp³-hybridized carbons (Fsp3) is 0.381. The van der Waals surface area contributed by atoms with Crippen LogP contribution in [0.3, 0.4) is 0 Å². The molecule has 2 atom stereocenters. The number of amides is 2. The van der Waals surface area contributed by atoms with E-state index in [-0.39, 0.29) is 17.8 Å². The van der Waals surface area contributed by atoms with Crippen LogP contribution in [-0.4, -0.2) is 39.0 Å². The maximum atomic E-state index is 13.8. The number of aromatic nitrogens is 1. The summed E-state index contributed by atoms with van der Waals surface area (Å²) in [5.74, 6) is -5.75. The molecule has 2 N–H and O–H groups in total. The minimum absolute atomic E-state index is 0.0378. The van der Waals surface area contributed by atoms with Gasteiger partial charge in [-0.15, -0.1) is 0 Å². The standard InChI is InChI=1S/C21H20F3N3O4/c1-10-3-2-4-12-8-26(10)21(31)17-19(29)18(28)14(9-27(12)17)20(30)25-7-13-15(23)5-11(22)6-16(13)24/h5-6,9-10,12,29H,2-4,7-8H2,1H3,(H,25,30)/t10-,12-/m0/s1. The second-order valence-electron chi connectivity index (χ2n) is 7.90. The number of fused-ring (bicyclic) bond motifs is 4. The molecule has 1 saturated heterocycles. The second kappa shape index (κ2) is 7.75. The largest absolute Gasteiger partial charge is 0.503 e. The van der Waals surface area contributed by atoms with Crippen LogP contribution in [0, 0.1) is 17.5 Å². The number of pyridine rings is 1. The molecular weight excluding hydrogens is 415 g/mol. The summed E-state index contributed by atoms with van der Waals surface area (Å²) >= 11 is 0. The Labute approximate surface area is 175 Å². The lowest BCUT2D eigenvalue weighted by atomic mass is 10.1. The highest BCUT2D eigenvalue weighted by Gasteiger charge is 2.38. The Kier molecular flexibility index (Phi) is 5.24. The molecule has 10 heteroatoms. The van der Waals surface area contributed by atoms with E-state index in [0.717, 1.165) is 12.8 Å². The normalized spacial score (nSPS) is 20.3. The van der Waals surface area contributed by atoms with E-state index in [1.165, 1.54) is 10.8 Å². The van der Waals surface area contributed by atoms with Crippen LogP contribution < -0.4 is 10.7 Å². The topological polar surface area (TPSA) is 91.6 Å². The summed E-state index contributed by atoms with van der Waals surface area (Å²) in [6.07, 6.45) is 3.51. The van der Waals surface area contributed by atoms with Gasteiger partial charge in [-0.1, -0.05) is 0 Å². The molecule has 4 rings (SSSR count). The van der Waals surface area contributed by atoms with Crippen LogP contribution in [0.1, 0.15) is 58.6 Å². The Bertz CT molecular complexity index is 1120. The number of aromatic hydroxyl groups is 1. The molecular formula is C21H20F3N3O4. The molecule has 0 unspecified atom stereocenters. The number of benzene rings is 1. The molecule has 164 valence electrons. The smallest absolute Gasteiger partial charge is 0.274 e. The van der Waals surface area contributed by atoms with Crippen LogP contribution in [0.5, 0.6) is 5.75 Å². The SMILES string of the molecule is C[C@H]1CCC[C@H]2CN1C(=O)c1c(O)c(=O)c(C(=O)NCc3c(F)cc(F)cc3F)cn12. The van der Waals surface area contributed by atoms with Crippen molar-refractivity contribution in [1.29, 1.82) is 0 Å². The van der Waals surface area contributed by atoms with Crippen LogP contribution in [0.2, 0.25) is 0 Å². The number of hydrogen-bond acceptors (Lipinski definition) is 4. The number of nitrogens with zero attached hydrogens (tertiary/aromatic N) is 2. The summed E-state index contributed by atoms with van der Waals surface area (Å²) in [6.45, 7) is 1.66. The molecule has 2 aromatic rings. The molecule has 7 nitrogen and oxygen atoms in total. The maximum Gasteiger partial charge on any atom is 0.274 e. The zero-order valence-corrected chi connectivity index (χ0v) is 16.6.